The van der Waals surface area contributed by atoms with Crippen molar-refractivity contribution in [2.45, 2.75) is 11.0 Å². The van der Waals surface area contributed by atoms with Crippen molar-refractivity contribution in [2.75, 3.05) is 0 Å². The second-order valence-corrected chi connectivity index (χ2v) is 14.1. The molecule has 0 bridgehead atoms. The maximum atomic E-state index is 15.4. The van der Waals surface area contributed by atoms with Gasteiger partial charge in [-0.1, -0.05) is 0 Å². The first kappa shape index (κ1) is 49.3. The minimum Gasteiger partial charge on any atom is -0.421 e. The van der Waals surface area contributed by atoms with Crippen LogP contribution in [0.2, 0.25) is 0 Å². The highest BCUT2D eigenvalue weighted by atomic mass is 32.3. The molecule has 4 rings (SSSR count). The van der Waals surface area contributed by atoms with Crippen LogP contribution in [0.4, 0.5) is 114 Å². The standard InChI is InChI=1S/C24BF20.C2F6NO4S2/c26-5-1(6(27)14(35)21(42)13(5)34)25(2-7(28)15(36)22(43)16(37)8(2)29,3-9(30)17(38)23(44)18(39)10(3)31)4-11(32)19(40)24(45)20(41)12(4)33;3-1(4,5)14(10,11)9-15(12,13)2(6,7)8/q2*-1. The molecule has 332 valence electrons. The number of benzene rings is 4. The lowest BCUT2D eigenvalue weighted by molar-refractivity contribution is -0.0444. The van der Waals surface area contributed by atoms with Gasteiger partial charge in [-0.05, 0) is 0 Å². The molecule has 0 heterocycles. The second-order valence-electron chi connectivity index (χ2n) is 10.7. The van der Waals surface area contributed by atoms with Crippen LogP contribution in [-0.4, -0.2) is 34.0 Å². The van der Waals surface area contributed by atoms with Crippen molar-refractivity contribution in [3.8, 4) is 0 Å². The number of hydrogen-bond donors (Lipinski definition) is 0. The monoisotopic (exact) mass is 959 g/mol. The van der Waals surface area contributed by atoms with Crippen molar-refractivity contribution in [2.24, 2.45) is 0 Å². The topological polar surface area (TPSA) is 82.4 Å². The third kappa shape index (κ3) is 7.41. The van der Waals surface area contributed by atoms with Crippen LogP contribution >= 0.6 is 0 Å². The summed E-state index contributed by atoms with van der Waals surface area (Å²) in [6.45, 7) is 0. The summed E-state index contributed by atoms with van der Waals surface area (Å²) in [6.07, 6.45) is -7.22. The van der Waals surface area contributed by atoms with E-state index < -0.39 is 175 Å². The van der Waals surface area contributed by atoms with Gasteiger partial charge in [-0.2, -0.15) is 26.3 Å². The lowest BCUT2D eigenvalue weighted by Crippen LogP contribution is -2.81. The fourth-order valence-electron chi connectivity index (χ4n) is 5.09. The molecule has 0 amide bonds. The molecule has 4 aromatic carbocycles. The molecule has 0 saturated carbocycles. The van der Waals surface area contributed by atoms with Gasteiger partial charge < -0.3 is 4.13 Å². The molecule has 0 N–H and O–H groups in total. The Hall–Kier alpha value is -5.02. The molecule has 0 aliphatic heterocycles. The molecular weight excluding hydrogens is 959 g/mol. The molecule has 34 heteroatoms. The van der Waals surface area contributed by atoms with Crippen LogP contribution in [-0.2, 0) is 20.0 Å². The Kier molecular flexibility index (Phi) is 13.0. The average molecular weight is 959 g/mol. The molecule has 0 unspecified atom stereocenters. The predicted molar refractivity (Wildman–Crippen MR) is 143 cm³/mol. The third-order valence-corrected chi connectivity index (χ3v) is 10.2. The number of nitrogens with zero attached hydrogens (tertiary/aromatic N) is 1. The molecule has 0 aromatic heterocycles. The van der Waals surface area contributed by atoms with E-state index in [1.807, 2.05) is 0 Å². The second kappa shape index (κ2) is 15.8. The van der Waals surface area contributed by atoms with Crippen molar-refractivity contribution in [1.29, 1.82) is 0 Å². The van der Waals surface area contributed by atoms with Crippen LogP contribution in [0.15, 0.2) is 0 Å². The quantitative estimate of drug-likeness (QED) is 0.0912. The minimum absolute atomic E-state index is 0.778. The lowest BCUT2D eigenvalue weighted by Gasteiger charge is -2.44. The largest absolute Gasteiger partial charge is 0.480 e. The summed E-state index contributed by atoms with van der Waals surface area (Å²) < 4.78 is 403. The Morgan fingerprint density at radius 3 is 0.500 bits per heavy atom. The zero-order valence-corrected chi connectivity index (χ0v) is 27.9. The summed E-state index contributed by atoms with van der Waals surface area (Å²) >= 11 is 0. The van der Waals surface area contributed by atoms with E-state index in [0.29, 0.717) is 0 Å². The fraction of sp³-hybridized carbons (Fsp3) is 0.0769. The lowest BCUT2D eigenvalue weighted by atomic mass is 9.12. The summed E-state index contributed by atoms with van der Waals surface area (Å²) in [5, 5.41) is 0. The van der Waals surface area contributed by atoms with Gasteiger partial charge in [0.25, 0.3) is 0 Å². The van der Waals surface area contributed by atoms with Crippen molar-refractivity contribution >= 4 is 48.0 Å². The Labute approximate surface area is 310 Å². The Morgan fingerprint density at radius 1 is 0.267 bits per heavy atom. The van der Waals surface area contributed by atoms with Crippen LogP contribution in [0.5, 0.6) is 0 Å². The SMILES string of the molecule is Fc1c(F)c(F)c([B-](c2c(F)c(F)c(F)c(F)c2F)(c2c(F)c(F)c(F)c(F)c2F)c2c(F)c(F)c(F)c(F)c2F)c(F)c1F.O=S(=O)([N-]S(=O)(=O)C(F)(F)F)C(F)(F)F. The maximum absolute atomic E-state index is 15.4. The number of hydrogen-bond acceptors (Lipinski definition) is 4. The first-order valence-electron chi connectivity index (χ1n) is 13.5. The van der Waals surface area contributed by atoms with Gasteiger partial charge in [-0.15, -0.1) is 21.9 Å². The van der Waals surface area contributed by atoms with Crippen LogP contribution in [0, 0.1) is 116 Å². The summed E-state index contributed by atoms with van der Waals surface area (Å²) in [6, 6.07) is 0. The van der Waals surface area contributed by atoms with Crippen molar-refractivity contribution in [1.82, 2.24) is 0 Å². The van der Waals surface area contributed by atoms with Gasteiger partial charge >= 0.3 is 11.0 Å². The summed E-state index contributed by atoms with van der Waals surface area (Å²) in [5.41, 5.74) is -26.7. The van der Waals surface area contributed by atoms with Gasteiger partial charge in [-0.25, -0.2) is 105 Å². The average Bonchev–Trinajstić information content (AvgIpc) is 3.13. The van der Waals surface area contributed by atoms with Gasteiger partial charge in [0.05, 0.1) is 0 Å². The normalized spacial score (nSPS) is 12.8. The zero-order chi connectivity index (χ0) is 47.1. The third-order valence-electron chi connectivity index (χ3n) is 7.49. The molecule has 0 aliphatic carbocycles. The molecule has 0 spiro atoms. The summed E-state index contributed by atoms with van der Waals surface area (Å²) in [5.74, 6) is -71.4. The molecule has 5 nitrogen and oxygen atoms in total. The van der Waals surface area contributed by atoms with E-state index in [1.165, 1.54) is 0 Å². The molecule has 0 atom stereocenters. The van der Waals surface area contributed by atoms with E-state index in [-0.39, 0.29) is 0 Å². The molecular formula is C26BF26NO4S2-2. The Balaban J connectivity index is 0.000000544. The first-order valence-corrected chi connectivity index (χ1v) is 16.4. The van der Waals surface area contributed by atoms with Gasteiger partial charge in [0, 0.05) is 0 Å². The summed E-state index contributed by atoms with van der Waals surface area (Å²) in [4.78, 5) is 0. The van der Waals surface area contributed by atoms with Crippen LogP contribution in [0.1, 0.15) is 0 Å². The van der Waals surface area contributed by atoms with Crippen LogP contribution in [0.3, 0.4) is 0 Å². The smallest absolute Gasteiger partial charge is 0.421 e. The molecule has 0 aliphatic rings. The number of sulfonamides is 2. The van der Waals surface area contributed by atoms with E-state index in [1.54, 1.807) is 0 Å². The van der Waals surface area contributed by atoms with E-state index in [0.717, 1.165) is 4.13 Å². The predicted octanol–water partition coefficient (Wildman–Crippen LogP) is 6.91. The highest BCUT2D eigenvalue weighted by Crippen LogP contribution is 2.36. The maximum Gasteiger partial charge on any atom is 0.480 e. The summed E-state index contributed by atoms with van der Waals surface area (Å²) in [7, 11) is -13.4. The van der Waals surface area contributed by atoms with Crippen LogP contribution in [0.25, 0.3) is 4.13 Å². The first-order chi connectivity index (χ1) is 26.9. The van der Waals surface area contributed by atoms with Crippen molar-refractivity contribution in [3.63, 3.8) is 0 Å². The van der Waals surface area contributed by atoms with E-state index >= 15 is 35.1 Å². The van der Waals surface area contributed by atoms with Gasteiger partial charge in [0.2, 0.25) is 0 Å². The number of halogens is 26. The van der Waals surface area contributed by atoms with Gasteiger partial charge in [-0.3, -0.25) is 0 Å². The number of rotatable bonds is 6. The highest BCUT2D eigenvalue weighted by molar-refractivity contribution is 8.13. The molecule has 0 saturated heterocycles. The van der Waals surface area contributed by atoms with E-state index in [2.05, 4.69) is 0 Å². The molecule has 60 heavy (non-hydrogen) atoms. The van der Waals surface area contributed by atoms with Gasteiger partial charge in [0.15, 0.2) is 89.9 Å². The van der Waals surface area contributed by atoms with Crippen molar-refractivity contribution < 1.29 is 131 Å². The highest BCUT2D eigenvalue weighted by Gasteiger charge is 2.52. The fourth-order valence-corrected chi connectivity index (χ4v) is 6.80. The molecule has 4 aromatic rings. The Morgan fingerprint density at radius 2 is 0.383 bits per heavy atom. The molecule has 0 fully saturated rings. The molecule has 0 radical (unpaired) electrons. The Bertz CT molecular complexity index is 2260. The van der Waals surface area contributed by atoms with E-state index in [4.69, 9.17) is 0 Å². The zero-order valence-electron chi connectivity index (χ0n) is 26.3. The van der Waals surface area contributed by atoms with E-state index in [9.17, 15) is 95.9 Å². The van der Waals surface area contributed by atoms with Crippen molar-refractivity contribution in [3.05, 3.63) is 120 Å². The number of alkyl halides is 6. The van der Waals surface area contributed by atoms with Gasteiger partial charge in [0.1, 0.15) is 52.7 Å². The van der Waals surface area contributed by atoms with Crippen LogP contribution < -0.4 is 21.9 Å². The minimum atomic E-state index is -7.22.